The van der Waals surface area contributed by atoms with Gasteiger partial charge in [0, 0.05) is 13.1 Å². The fourth-order valence-corrected chi connectivity index (χ4v) is 2.20. The Kier molecular flexibility index (Phi) is 4.92. The van der Waals surface area contributed by atoms with Gasteiger partial charge < -0.3 is 15.8 Å². The summed E-state index contributed by atoms with van der Waals surface area (Å²) in [4.78, 5) is 14.0. The number of halogens is 1. The lowest BCUT2D eigenvalue weighted by Gasteiger charge is -2.31. The number of carbonyl (C=O) groups excluding carboxylic acids is 1. The number of carbonyl (C=O) groups is 1. The standard InChI is InChI=1S/C14H20FN3O2/c1-2-11-8-18(5-6-20-11)9-14(19)17-13-7-10(15)3-4-12(13)16/h3-4,7,11H,2,5-6,8-9,16H2,1H3,(H,17,19). The van der Waals surface area contributed by atoms with Crippen molar-refractivity contribution >= 4 is 17.3 Å². The molecular formula is C14H20FN3O2. The summed E-state index contributed by atoms with van der Waals surface area (Å²) in [5.41, 5.74) is 6.37. The van der Waals surface area contributed by atoms with Gasteiger partial charge in [-0.2, -0.15) is 0 Å². The van der Waals surface area contributed by atoms with Crippen LogP contribution in [-0.2, 0) is 9.53 Å². The normalized spacial score (nSPS) is 19.8. The number of nitrogen functional groups attached to an aromatic ring is 1. The molecule has 1 aromatic rings. The maximum atomic E-state index is 13.1. The highest BCUT2D eigenvalue weighted by atomic mass is 19.1. The van der Waals surface area contributed by atoms with E-state index in [0.29, 0.717) is 18.0 Å². The second kappa shape index (κ2) is 6.67. The average Bonchev–Trinajstić information content (AvgIpc) is 2.43. The number of nitrogens with one attached hydrogen (secondary N) is 1. The van der Waals surface area contributed by atoms with Crippen molar-refractivity contribution in [3.8, 4) is 0 Å². The minimum atomic E-state index is -0.424. The van der Waals surface area contributed by atoms with Crippen LogP contribution in [0.4, 0.5) is 15.8 Å². The Morgan fingerprint density at radius 3 is 3.15 bits per heavy atom. The molecule has 2 rings (SSSR count). The van der Waals surface area contributed by atoms with Gasteiger partial charge in [-0.05, 0) is 24.6 Å². The lowest BCUT2D eigenvalue weighted by Crippen LogP contribution is -2.45. The first-order valence-electron chi connectivity index (χ1n) is 6.77. The SMILES string of the molecule is CCC1CN(CC(=O)Nc2cc(F)ccc2N)CCO1. The number of nitrogens with zero attached hydrogens (tertiary/aromatic N) is 1. The van der Waals surface area contributed by atoms with Crippen LogP contribution in [0.15, 0.2) is 18.2 Å². The summed E-state index contributed by atoms with van der Waals surface area (Å²) in [6.45, 7) is 4.41. The zero-order valence-electron chi connectivity index (χ0n) is 11.6. The van der Waals surface area contributed by atoms with Crippen LogP contribution < -0.4 is 11.1 Å². The van der Waals surface area contributed by atoms with Gasteiger partial charge in [-0.3, -0.25) is 9.69 Å². The first-order chi connectivity index (χ1) is 9.58. The van der Waals surface area contributed by atoms with Crippen molar-refractivity contribution in [2.75, 3.05) is 37.3 Å². The number of amides is 1. The third-order valence-corrected chi connectivity index (χ3v) is 3.33. The number of morpholine rings is 1. The second-order valence-corrected chi connectivity index (χ2v) is 4.92. The van der Waals surface area contributed by atoms with E-state index >= 15 is 0 Å². The van der Waals surface area contributed by atoms with Gasteiger partial charge in [0.25, 0.3) is 0 Å². The number of hydrogen-bond acceptors (Lipinski definition) is 4. The zero-order chi connectivity index (χ0) is 14.5. The first-order valence-corrected chi connectivity index (χ1v) is 6.77. The second-order valence-electron chi connectivity index (χ2n) is 4.92. The molecule has 0 saturated carbocycles. The number of hydrogen-bond donors (Lipinski definition) is 2. The molecule has 5 nitrogen and oxygen atoms in total. The number of anilines is 2. The summed E-state index contributed by atoms with van der Waals surface area (Å²) < 4.78 is 18.7. The number of benzene rings is 1. The molecule has 1 aliphatic heterocycles. The van der Waals surface area contributed by atoms with E-state index in [2.05, 4.69) is 12.2 Å². The zero-order valence-corrected chi connectivity index (χ0v) is 11.6. The van der Waals surface area contributed by atoms with Crippen LogP contribution >= 0.6 is 0 Å². The quantitative estimate of drug-likeness (QED) is 0.820. The maximum Gasteiger partial charge on any atom is 0.238 e. The summed E-state index contributed by atoms with van der Waals surface area (Å²) in [6.07, 6.45) is 1.10. The Bertz CT molecular complexity index is 481. The van der Waals surface area contributed by atoms with E-state index in [1.807, 2.05) is 4.90 Å². The van der Waals surface area contributed by atoms with Crippen LogP contribution in [0, 0.1) is 5.82 Å². The Morgan fingerprint density at radius 1 is 1.60 bits per heavy atom. The van der Waals surface area contributed by atoms with Crippen molar-refractivity contribution in [1.82, 2.24) is 4.90 Å². The number of rotatable bonds is 4. The monoisotopic (exact) mass is 281 g/mol. The molecule has 3 N–H and O–H groups in total. The van der Waals surface area contributed by atoms with E-state index in [1.165, 1.54) is 18.2 Å². The molecule has 6 heteroatoms. The highest BCUT2D eigenvalue weighted by Crippen LogP contribution is 2.19. The lowest BCUT2D eigenvalue weighted by molar-refractivity contribution is -0.119. The molecule has 20 heavy (non-hydrogen) atoms. The molecule has 1 atom stereocenters. The molecule has 1 fully saturated rings. The van der Waals surface area contributed by atoms with Gasteiger partial charge in [0.05, 0.1) is 30.6 Å². The highest BCUT2D eigenvalue weighted by Gasteiger charge is 2.21. The Balaban J connectivity index is 1.90. The fraction of sp³-hybridized carbons (Fsp3) is 0.500. The van der Waals surface area contributed by atoms with Crippen molar-refractivity contribution in [3.63, 3.8) is 0 Å². The van der Waals surface area contributed by atoms with Gasteiger partial charge in [-0.1, -0.05) is 6.92 Å². The van der Waals surface area contributed by atoms with E-state index in [9.17, 15) is 9.18 Å². The Labute approximate surface area is 117 Å². The Morgan fingerprint density at radius 2 is 2.40 bits per heavy atom. The molecule has 0 spiro atoms. The van der Waals surface area contributed by atoms with E-state index in [4.69, 9.17) is 10.5 Å². The average molecular weight is 281 g/mol. The largest absolute Gasteiger partial charge is 0.397 e. The van der Waals surface area contributed by atoms with Crippen molar-refractivity contribution < 1.29 is 13.9 Å². The van der Waals surface area contributed by atoms with E-state index in [1.54, 1.807) is 0 Å². The summed E-state index contributed by atoms with van der Waals surface area (Å²) in [7, 11) is 0. The van der Waals surface area contributed by atoms with Gasteiger partial charge in [-0.15, -0.1) is 0 Å². The van der Waals surface area contributed by atoms with E-state index in [0.717, 1.165) is 19.5 Å². The predicted octanol–water partition coefficient (Wildman–Crippen LogP) is 1.46. The predicted molar refractivity (Wildman–Crippen MR) is 75.9 cm³/mol. The van der Waals surface area contributed by atoms with Gasteiger partial charge in [0.2, 0.25) is 5.91 Å². The van der Waals surface area contributed by atoms with Crippen LogP contribution in [0.3, 0.4) is 0 Å². The van der Waals surface area contributed by atoms with Gasteiger partial charge in [-0.25, -0.2) is 4.39 Å². The third kappa shape index (κ3) is 3.91. The fourth-order valence-electron chi connectivity index (χ4n) is 2.20. The molecule has 0 aliphatic carbocycles. The molecule has 1 saturated heterocycles. The molecule has 110 valence electrons. The minimum Gasteiger partial charge on any atom is -0.397 e. The third-order valence-electron chi connectivity index (χ3n) is 3.33. The van der Waals surface area contributed by atoms with E-state index in [-0.39, 0.29) is 18.6 Å². The van der Waals surface area contributed by atoms with Crippen LogP contribution in [0.1, 0.15) is 13.3 Å². The number of nitrogens with two attached hydrogens (primary N) is 1. The van der Waals surface area contributed by atoms with Crippen LogP contribution in [0.5, 0.6) is 0 Å². The summed E-state index contributed by atoms with van der Waals surface area (Å²) in [5, 5.41) is 2.64. The summed E-state index contributed by atoms with van der Waals surface area (Å²) in [6, 6.07) is 3.92. The molecule has 1 aromatic carbocycles. The first kappa shape index (κ1) is 14.7. The summed E-state index contributed by atoms with van der Waals surface area (Å²) in [5.74, 6) is -0.619. The molecule has 0 radical (unpaired) electrons. The van der Waals surface area contributed by atoms with Crippen LogP contribution in [0.2, 0.25) is 0 Å². The maximum absolute atomic E-state index is 13.1. The lowest BCUT2D eigenvalue weighted by atomic mass is 10.2. The Hall–Kier alpha value is -1.66. The summed E-state index contributed by atoms with van der Waals surface area (Å²) >= 11 is 0. The van der Waals surface area contributed by atoms with Crippen molar-refractivity contribution in [1.29, 1.82) is 0 Å². The molecule has 1 amide bonds. The van der Waals surface area contributed by atoms with Gasteiger partial charge in [0.1, 0.15) is 5.82 Å². The van der Waals surface area contributed by atoms with Crippen molar-refractivity contribution in [3.05, 3.63) is 24.0 Å². The minimum absolute atomic E-state index is 0.177. The molecule has 0 aromatic heterocycles. The molecule has 1 unspecified atom stereocenters. The van der Waals surface area contributed by atoms with Crippen molar-refractivity contribution in [2.45, 2.75) is 19.4 Å². The van der Waals surface area contributed by atoms with Gasteiger partial charge in [0.15, 0.2) is 0 Å². The molecular weight excluding hydrogens is 261 g/mol. The highest BCUT2D eigenvalue weighted by molar-refractivity contribution is 5.95. The van der Waals surface area contributed by atoms with Crippen LogP contribution in [-0.4, -0.2) is 43.2 Å². The number of ether oxygens (including phenoxy) is 1. The van der Waals surface area contributed by atoms with Gasteiger partial charge >= 0.3 is 0 Å². The van der Waals surface area contributed by atoms with E-state index < -0.39 is 5.82 Å². The smallest absolute Gasteiger partial charge is 0.238 e. The molecule has 1 aliphatic rings. The topological polar surface area (TPSA) is 67.6 Å². The molecule has 1 heterocycles. The van der Waals surface area contributed by atoms with Crippen LogP contribution in [0.25, 0.3) is 0 Å². The molecule has 0 bridgehead atoms. The van der Waals surface area contributed by atoms with Crippen molar-refractivity contribution in [2.24, 2.45) is 0 Å².